The molecule has 106 valence electrons. The van der Waals surface area contributed by atoms with Gasteiger partial charge in [-0.25, -0.2) is 0 Å². The van der Waals surface area contributed by atoms with Gasteiger partial charge < -0.3 is 10.5 Å². The molecule has 1 unspecified atom stereocenters. The topological polar surface area (TPSA) is 38.5 Å². The van der Waals surface area contributed by atoms with E-state index in [1.165, 1.54) is 5.56 Å². The van der Waals surface area contributed by atoms with Gasteiger partial charge in [0.25, 0.3) is 0 Å². The number of nitrogens with zero attached hydrogens (tertiary/aromatic N) is 1. The van der Waals surface area contributed by atoms with Gasteiger partial charge in [0.2, 0.25) is 0 Å². The average molecular weight is 283 g/mol. The van der Waals surface area contributed by atoms with Crippen molar-refractivity contribution in [1.29, 1.82) is 0 Å². The van der Waals surface area contributed by atoms with E-state index < -0.39 is 0 Å². The normalized spacial score (nSPS) is 26.4. The molecule has 0 saturated carbocycles. The van der Waals surface area contributed by atoms with Crippen molar-refractivity contribution in [3.05, 3.63) is 34.3 Å². The molecule has 1 aromatic carbocycles. The van der Waals surface area contributed by atoms with Gasteiger partial charge in [0, 0.05) is 30.7 Å². The van der Waals surface area contributed by atoms with Crippen LogP contribution in [0.25, 0.3) is 0 Å². The minimum atomic E-state index is 0.215. The summed E-state index contributed by atoms with van der Waals surface area (Å²) >= 11 is 6.23. The molecule has 1 aliphatic heterocycles. The van der Waals surface area contributed by atoms with Gasteiger partial charge in [0.05, 0.1) is 12.2 Å². The van der Waals surface area contributed by atoms with Crippen LogP contribution in [0, 0.1) is 6.92 Å². The monoisotopic (exact) mass is 282 g/mol. The Kier molecular flexibility index (Phi) is 4.85. The summed E-state index contributed by atoms with van der Waals surface area (Å²) < 4.78 is 5.78. The highest BCUT2D eigenvalue weighted by molar-refractivity contribution is 6.31. The molecule has 2 rings (SSSR count). The van der Waals surface area contributed by atoms with Crippen LogP contribution in [-0.4, -0.2) is 36.7 Å². The Morgan fingerprint density at radius 1 is 1.37 bits per heavy atom. The van der Waals surface area contributed by atoms with Crippen molar-refractivity contribution in [2.45, 2.75) is 39.0 Å². The lowest BCUT2D eigenvalue weighted by molar-refractivity contribution is -0.0799. The molecule has 1 fully saturated rings. The lowest BCUT2D eigenvalue weighted by atomic mass is 10.0. The number of ether oxygens (including phenoxy) is 1. The predicted molar refractivity (Wildman–Crippen MR) is 79.6 cm³/mol. The summed E-state index contributed by atoms with van der Waals surface area (Å²) in [5, 5.41) is 0.810. The van der Waals surface area contributed by atoms with Crippen molar-refractivity contribution in [1.82, 2.24) is 4.90 Å². The standard InChI is InChI=1S/C15H23ClN2O/c1-10-4-5-13(6-14(10)16)15(7-17)18-8-11(2)19-12(3)9-18/h4-6,11-12,15H,7-9,17H2,1-3H3/t11-,12+,15?. The maximum absolute atomic E-state index is 6.23. The average Bonchev–Trinajstić information content (AvgIpc) is 2.33. The summed E-state index contributed by atoms with van der Waals surface area (Å²) in [6.45, 7) is 8.66. The van der Waals surface area contributed by atoms with Crippen LogP contribution in [0.3, 0.4) is 0 Å². The maximum atomic E-state index is 6.23. The lowest BCUT2D eigenvalue weighted by Crippen LogP contribution is -2.48. The molecule has 0 radical (unpaired) electrons. The molecule has 0 aliphatic carbocycles. The van der Waals surface area contributed by atoms with E-state index in [2.05, 4.69) is 30.9 Å². The molecule has 1 aromatic rings. The Morgan fingerprint density at radius 2 is 2.00 bits per heavy atom. The molecular weight excluding hydrogens is 260 g/mol. The van der Waals surface area contributed by atoms with E-state index in [1.54, 1.807) is 0 Å². The molecule has 3 atom stereocenters. The molecule has 19 heavy (non-hydrogen) atoms. The first-order valence-corrected chi connectivity index (χ1v) is 7.24. The molecule has 1 heterocycles. The van der Waals surface area contributed by atoms with Crippen LogP contribution >= 0.6 is 11.6 Å². The fraction of sp³-hybridized carbons (Fsp3) is 0.600. The predicted octanol–water partition coefficient (Wildman–Crippen LogP) is 2.76. The van der Waals surface area contributed by atoms with Gasteiger partial charge in [0.1, 0.15) is 0 Å². The molecule has 4 heteroatoms. The first-order valence-electron chi connectivity index (χ1n) is 6.87. The van der Waals surface area contributed by atoms with Gasteiger partial charge in [-0.2, -0.15) is 0 Å². The van der Waals surface area contributed by atoms with Crippen LogP contribution in [0.5, 0.6) is 0 Å². The highest BCUT2D eigenvalue weighted by Crippen LogP contribution is 2.27. The second-order valence-electron chi connectivity index (χ2n) is 5.47. The summed E-state index contributed by atoms with van der Waals surface area (Å²) in [7, 11) is 0. The molecule has 0 aromatic heterocycles. The molecule has 3 nitrogen and oxygen atoms in total. The van der Waals surface area contributed by atoms with Gasteiger partial charge >= 0.3 is 0 Å². The first kappa shape index (κ1) is 14.8. The number of benzene rings is 1. The second-order valence-corrected chi connectivity index (χ2v) is 5.88. The van der Waals surface area contributed by atoms with Crippen molar-refractivity contribution >= 4 is 11.6 Å². The third-order valence-electron chi connectivity index (χ3n) is 3.69. The van der Waals surface area contributed by atoms with Crippen LogP contribution in [-0.2, 0) is 4.74 Å². The summed E-state index contributed by atoms with van der Waals surface area (Å²) in [6, 6.07) is 6.45. The third kappa shape index (κ3) is 3.48. The highest BCUT2D eigenvalue weighted by atomic mass is 35.5. The summed E-state index contributed by atoms with van der Waals surface area (Å²) in [5.41, 5.74) is 8.28. The van der Waals surface area contributed by atoms with Crippen molar-refractivity contribution in [2.24, 2.45) is 5.73 Å². The number of aryl methyl sites for hydroxylation is 1. The van der Waals surface area contributed by atoms with E-state index in [0.717, 1.165) is 23.7 Å². The van der Waals surface area contributed by atoms with E-state index in [4.69, 9.17) is 22.1 Å². The van der Waals surface area contributed by atoms with Crippen LogP contribution in [0.1, 0.15) is 31.0 Å². The molecule has 2 N–H and O–H groups in total. The smallest absolute Gasteiger partial charge is 0.0678 e. The SMILES string of the molecule is Cc1ccc(C(CN)N2C[C@@H](C)O[C@@H](C)C2)cc1Cl. The first-order chi connectivity index (χ1) is 9.01. The summed E-state index contributed by atoms with van der Waals surface area (Å²) in [4.78, 5) is 2.40. The number of rotatable bonds is 3. The van der Waals surface area contributed by atoms with Crippen molar-refractivity contribution in [3.63, 3.8) is 0 Å². The minimum Gasteiger partial charge on any atom is -0.373 e. The van der Waals surface area contributed by atoms with Crippen LogP contribution in [0.15, 0.2) is 18.2 Å². The van der Waals surface area contributed by atoms with Gasteiger partial charge in [-0.05, 0) is 38.0 Å². The molecule has 1 aliphatic rings. The summed E-state index contributed by atoms with van der Waals surface area (Å²) in [5.74, 6) is 0. The van der Waals surface area contributed by atoms with E-state index in [1.807, 2.05) is 13.0 Å². The zero-order valence-electron chi connectivity index (χ0n) is 11.9. The fourth-order valence-corrected chi connectivity index (χ4v) is 2.97. The zero-order chi connectivity index (χ0) is 14.0. The minimum absolute atomic E-state index is 0.215. The molecule has 0 bridgehead atoms. The van der Waals surface area contributed by atoms with Crippen LogP contribution < -0.4 is 5.73 Å². The largest absolute Gasteiger partial charge is 0.373 e. The number of morpholine rings is 1. The maximum Gasteiger partial charge on any atom is 0.0678 e. The van der Waals surface area contributed by atoms with Gasteiger partial charge in [0.15, 0.2) is 0 Å². The molecule has 0 amide bonds. The van der Waals surface area contributed by atoms with Crippen molar-refractivity contribution in [2.75, 3.05) is 19.6 Å². The number of hydrogen-bond acceptors (Lipinski definition) is 3. The number of halogens is 1. The van der Waals surface area contributed by atoms with E-state index in [0.29, 0.717) is 6.54 Å². The van der Waals surface area contributed by atoms with Gasteiger partial charge in [-0.3, -0.25) is 4.90 Å². The van der Waals surface area contributed by atoms with Crippen LogP contribution in [0.2, 0.25) is 5.02 Å². The Labute approximate surface area is 120 Å². The van der Waals surface area contributed by atoms with E-state index in [-0.39, 0.29) is 18.2 Å². The summed E-state index contributed by atoms with van der Waals surface area (Å²) in [6.07, 6.45) is 0.498. The fourth-order valence-electron chi connectivity index (χ4n) is 2.78. The molecular formula is C15H23ClN2O. The Hall–Kier alpha value is -0.610. The number of nitrogens with two attached hydrogens (primary N) is 1. The van der Waals surface area contributed by atoms with Gasteiger partial charge in [-0.1, -0.05) is 23.7 Å². The van der Waals surface area contributed by atoms with E-state index >= 15 is 0 Å². The van der Waals surface area contributed by atoms with Crippen LogP contribution in [0.4, 0.5) is 0 Å². The number of hydrogen-bond donors (Lipinski definition) is 1. The Balaban J connectivity index is 2.21. The second kappa shape index (κ2) is 6.23. The third-order valence-corrected chi connectivity index (χ3v) is 4.10. The van der Waals surface area contributed by atoms with Gasteiger partial charge in [-0.15, -0.1) is 0 Å². The van der Waals surface area contributed by atoms with Crippen molar-refractivity contribution < 1.29 is 4.74 Å². The molecule has 0 spiro atoms. The highest BCUT2D eigenvalue weighted by Gasteiger charge is 2.28. The lowest BCUT2D eigenvalue weighted by Gasteiger charge is -2.40. The van der Waals surface area contributed by atoms with Crippen molar-refractivity contribution in [3.8, 4) is 0 Å². The Morgan fingerprint density at radius 3 is 2.53 bits per heavy atom. The molecule has 1 saturated heterocycles. The quantitative estimate of drug-likeness (QED) is 0.926. The van der Waals surface area contributed by atoms with E-state index in [9.17, 15) is 0 Å². The zero-order valence-corrected chi connectivity index (χ0v) is 12.7. The Bertz CT molecular complexity index is 428.